The molecule has 11 nitrogen and oxygen atoms in total. The SMILES string of the molecule is CCOc1nn(C(=O)N=S(=O)=O)c(=O)n1C.COC(=O)c1cc(C)cs1. The lowest BCUT2D eigenvalue weighted by Gasteiger charge is -1.97. The second-order valence-corrected chi connectivity index (χ2v) is 6.07. The molecule has 0 bridgehead atoms. The highest BCUT2D eigenvalue weighted by Crippen LogP contribution is 2.13. The van der Waals surface area contributed by atoms with Crippen LogP contribution in [-0.2, 0) is 22.3 Å². The van der Waals surface area contributed by atoms with E-state index >= 15 is 0 Å². The Balaban J connectivity index is 0.000000289. The van der Waals surface area contributed by atoms with Gasteiger partial charge in [-0.1, -0.05) is 4.36 Å². The van der Waals surface area contributed by atoms with Gasteiger partial charge in [-0.25, -0.2) is 19.0 Å². The van der Waals surface area contributed by atoms with E-state index in [1.165, 1.54) is 25.5 Å². The smallest absolute Gasteiger partial charge is 0.387 e. The third-order valence-electron chi connectivity index (χ3n) is 2.66. The van der Waals surface area contributed by atoms with Crippen LogP contribution in [0.3, 0.4) is 0 Å². The lowest BCUT2D eigenvalue weighted by atomic mass is 10.3. The Morgan fingerprint density at radius 3 is 2.50 bits per heavy atom. The van der Waals surface area contributed by atoms with E-state index in [-0.39, 0.29) is 18.6 Å². The molecule has 0 fully saturated rings. The third kappa shape index (κ3) is 5.63. The normalized spacial score (nSPS) is 9.69. The van der Waals surface area contributed by atoms with Crippen LogP contribution in [0.15, 0.2) is 20.6 Å². The van der Waals surface area contributed by atoms with Crippen molar-refractivity contribution >= 4 is 33.8 Å². The van der Waals surface area contributed by atoms with Crippen molar-refractivity contribution < 1.29 is 27.5 Å². The van der Waals surface area contributed by atoms with Crippen LogP contribution in [0.1, 0.15) is 22.2 Å². The maximum Gasteiger partial charge on any atom is 0.387 e. The minimum atomic E-state index is -2.93. The van der Waals surface area contributed by atoms with Gasteiger partial charge in [0, 0.05) is 7.05 Å². The average molecular weight is 404 g/mol. The maximum absolute atomic E-state index is 11.4. The molecule has 0 spiro atoms. The van der Waals surface area contributed by atoms with Crippen LogP contribution in [0.25, 0.3) is 0 Å². The molecule has 1 amide bonds. The van der Waals surface area contributed by atoms with Gasteiger partial charge in [0.15, 0.2) is 0 Å². The van der Waals surface area contributed by atoms with E-state index in [4.69, 9.17) is 4.74 Å². The molecule has 0 unspecified atom stereocenters. The van der Waals surface area contributed by atoms with E-state index in [2.05, 4.69) is 14.2 Å². The van der Waals surface area contributed by atoms with Crippen molar-refractivity contribution in [2.75, 3.05) is 13.7 Å². The van der Waals surface area contributed by atoms with Crippen LogP contribution in [0.5, 0.6) is 6.01 Å². The Labute approximate surface area is 153 Å². The Morgan fingerprint density at radius 2 is 2.04 bits per heavy atom. The second kappa shape index (κ2) is 9.62. The highest BCUT2D eigenvalue weighted by Gasteiger charge is 2.16. The van der Waals surface area contributed by atoms with Gasteiger partial charge in [-0.15, -0.1) is 21.1 Å². The zero-order chi connectivity index (χ0) is 19.9. The van der Waals surface area contributed by atoms with Crippen LogP contribution >= 0.6 is 11.3 Å². The molecule has 0 atom stereocenters. The summed E-state index contributed by atoms with van der Waals surface area (Å²) in [7, 11) is -0.212. The van der Waals surface area contributed by atoms with Crippen LogP contribution in [0, 0.1) is 6.92 Å². The predicted molar refractivity (Wildman–Crippen MR) is 91.2 cm³/mol. The summed E-state index contributed by atoms with van der Waals surface area (Å²) in [5.41, 5.74) is 0.271. The number of esters is 1. The number of carbonyl (C=O) groups is 2. The summed E-state index contributed by atoms with van der Waals surface area (Å²) in [6, 6.07) is 0.434. The van der Waals surface area contributed by atoms with E-state index in [0.717, 1.165) is 10.1 Å². The largest absolute Gasteiger partial charge is 0.465 e. The highest BCUT2D eigenvalue weighted by molar-refractivity contribution is 7.62. The first-order valence-electron chi connectivity index (χ1n) is 6.99. The third-order valence-corrected chi connectivity index (χ3v) is 4.00. The number of rotatable bonds is 3. The molecule has 142 valence electrons. The Morgan fingerprint density at radius 1 is 1.38 bits per heavy atom. The number of thiophene rings is 1. The molecule has 0 aliphatic rings. The molecule has 2 rings (SSSR count). The number of ether oxygens (including phenoxy) is 2. The van der Waals surface area contributed by atoms with Crippen molar-refractivity contribution in [2.45, 2.75) is 13.8 Å². The average Bonchev–Trinajstić information content (AvgIpc) is 3.13. The molecule has 13 heteroatoms. The van der Waals surface area contributed by atoms with E-state index in [1.807, 2.05) is 18.4 Å². The number of carbonyl (C=O) groups excluding carboxylic acids is 2. The summed E-state index contributed by atoms with van der Waals surface area (Å²) in [5.74, 6) is -0.252. The van der Waals surface area contributed by atoms with Crippen molar-refractivity contribution in [3.8, 4) is 6.01 Å². The molecule has 0 aliphatic carbocycles. The standard InChI is InChI=1S/C7H8O2S.C6H8N4O5S/c1-5-3-6(10-4-5)7(8)9-2;1-3-15-5-7-10(6(12)9(5)2)4(11)8-16(13)14/h3-4H,1-2H3;3H2,1-2H3. The first-order valence-corrected chi connectivity index (χ1v) is 8.90. The fourth-order valence-electron chi connectivity index (χ4n) is 1.54. The maximum atomic E-state index is 11.4. The minimum absolute atomic E-state index is 0.0901. The fourth-order valence-corrected chi connectivity index (χ4v) is 2.56. The number of aryl methyl sites for hydroxylation is 1. The summed E-state index contributed by atoms with van der Waals surface area (Å²) < 4.78 is 33.6. The van der Waals surface area contributed by atoms with Crippen molar-refractivity contribution in [2.24, 2.45) is 11.4 Å². The van der Waals surface area contributed by atoms with Gasteiger partial charge in [-0.2, -0.15) is 8.42 Å². The van der Waals surface area contributed by atoms with E-state index in [0.29, 0.717) is 9.56 Å². The summed E-state index contributed by atoms with van der Waals surface area (Å²) in [6.45, 7) is 3.87. The van der Waals surface area contributed by atoms with Gasteiger partial charge in [0.2, 0.25) is 0 Å². The zero-order valence-corrected chi connectivity index (χ0v) is 16.0. The number of aromatic nitrogens is 3. The monoisotopic (exact) mass is 404 g/mol. The molecule has 0 radical (unpaired) electrons. The molecule has 2 aromatic rings. The highest BCUT2D eigenvalue weighted by atomic mass is 32.2. The first kappa shape index (κ1) is 21.2. The predicted octanol–water partition coefficient (Wildman–Crippen LogP) is 0.854. The zero-order valence-electron chi connectivity index (χ0n) is 14.3. The van der Waals surface area contributed by atoms with Gasteiger partial charge >= 0.3 is 34.2 Å². The molecule has 0 saturated heterocycles. The Kier molecular flexibility index (Phi) is 7.86. The van der Waals surface area contributed by atoms with Crippen molar-refractivity contribution in [3.05, 3.63) is 32.4 Å². The van der Waals surface area contributed by atoms with Crippen LogP contribution < -0.4 is 10.4 Å². The van der Waals surface area contributed by atoms with Crippen molar-refractivity contribution in [1.29, 1.82) is 0 Å². The number of hydrogen-bond donors (Lipinski definition) is 0. The van der Waals surface area contributed by atoms with E-state index in [1.54, 1.807) is 6.92 Å². The second-order valence-electron chi connectivity index (χ2n) is 4.54. The Bertz CT molecular complexity index is 977. The molecule has 0 N–H and O–H groups in total. The quantitative estimate of drug-likeness (QED) is 0.686. The topological polar surface area (TPSA) is 139 Å². The molecule has 2 aromatic heterocycles. The molecule has 2 heterocycles. The van der Waals surface area contributed by atoms with Gasteiger partial charge in [0.1, 0.15) is 4.88 Å². The molecular weight excluding hydrogens is 388 g/mol. The summed E-state index contributed by atoms with van der Waals surface area (Å²) in [5, 5.41) is 5.40. The number of amides is 1. The summed E-state index contributed by atoms with van der Waals surface area (Å²) in [4.78, 5) is 34.0. The summed E-state index contributed by atoms with van der Waals surface area (Å²) >= 11 is 1.41. The van der Waals surface area contributed by atoms with Gasteiger partial charge in [0.05, 0.1) is 13.7 Å². The van der Waals surface area contributed by atoms with E-state index in [9.17, 15) is 22.8 Å². The first-order chi connectivity index (χ1) is 12.2. The summed E-state index contributed by atoms with van der Waals surface area (Å²) in [6.07, 6.45) is 0. The Hall–Kier alpha value is -2.80. The van der Waals surface area contributed by atoms with Gasteiger partial charge in [-0.3, -0.25) is 0 Å². The number of methoxy groups -OCH3 is 1. The van der Waals surface area contributed by atoms with Crippen molar-refractivity contribution in [3.63, 3.8) is 0 Å². The molecule has 0 aliphatic heterocycles. The van der Waals surface area contributed by atoms with Crippen LogP contribution in [-0.4, -0.2) is 48.5 Å². The van der Waals surface area contributed by atoms with Crippen LogP contribution in [0.2, 0.25) is 0 Å². The van der Waals surface area contributed by atoms with E-state index < -0.39 is 22.2 Å². The minimum Gasteiger partial charge on any atom is -0.465 e. The molecule has 0 aromatic carbocycles. The number of hydrogen-bond acceptors (Lipinski definition) is 9. The molecule has 26 heavy (non-hydrogen) atoms. The van der Waals surface area contributed by atoms with Gasteiger partial charge < -0.3 is 9.47 Å². The molecular formula is C13H16N4O7S2. The number of nitrogens with zero attached hydrogens (tertiary/aromatic N) is 4. The van der Waals surface area contributed by atoms with Gasteiger partial charge in [0.25, 0.3) is 0 Å². The van der Waals surface area contributed by atoms with Crippen molar-refractivity contribution in [1.82, 2.24) is 14.3 Å². The lowest BCUT2D eigenvalue weighted by molar-refractivity contribution is 0.0606. The molecule has 0 saturated carbocycles. The van der Waals surface area contributed by atoms with Gasteiger partial charge in [-0.05, 0) is 30.9 Å². The van der Waals surface area contributed by atoms with Crippen LogP contribution in [0.4, 0.5) is 4.79 Å². The fraction of sp³-hybridized carbons (Fsp3) is 0.385. The lowest BCUT2D eigenvalue weighted by Crippen LogP contribution is -2.27.